The second-order valence-electron chi connectivity index (χ2n) is 6.90. The summed E-state index contributed by atoms with van der Waals surface area (Å²) in [6.07, 6.45) is 12.1. The van der Waals surface area contributed by atoms with E-state index in [1.165, 1.54) is 57.3 Å². The van der Waals surface area contributed by atoms with Crippen molar-refractivity contribution in [3.63, 3.8) is 0 Å². The summed E-state index contributed by atoms with van der Waals surface area (Å²) in [5, 5.41) is 4.57. The lowest BCUT2D eigenvalue weighted by atomic mass is 10.0. The molecule has 0 radical (unpaired) electrons. The molecule has 1 aromatic rings. The van der Waals surface area contributed by atoms with Crippen LogP contribution in [0.25, 0.3) is 0 Å². The summed E-state index contributed by atoms with van der Waals surface area (Å²) >= 11 is 0. The Morgan fingerprint density at radius 2 is 2.05 bits per heavy atom. The van der Waals surface area contributed by atoms with Crippen LogP contribution in [0.15, 0.2) is 12.4 Å². The molecule has 0 amide bonds. The highest BCUT2D eigenvalue weighted by Gasteiger charge is 2.39. The van der Waals surface area contributed by atoms with Crippen molar-refractivity contribution in [2.45, 2.75) is 58.4 Å². The van der Waals surface area contributed by atoms with Gasteiger partial charge in [-0.25, -0.2) is 0 Å². The van der Waals surface area contributed by atoms with Crippen molar-refractivity contribution in [3.05, 3.63) is 18.0 Å². The van der Waals surface area contributed by atoms with Gasteiger partial charge in [0.25, 0.3) is 0 Å². The second kappa shape index (κ2) is 5.28. The molecule has 0 unspecified atom stereocenters. The minimum atomic E-state index is 0.633. The van der Waals surface area contributed by atoms with Crippen molar-refractivity contribution in [1.29, 1.82) is 0 Å². The van der Waals surface area contributed by atoms with E-state index in [0.717, 1.165) is 6.42 Å². The van der Waals surface area contributed by atoms with E-state index in [-0.39, 0.29) is 0 Å². The van der Waals surface area contributed by atoms with Gasteiger partial charge in [-0.1, -0.05) is 20.3 Å². The number of rotatable bonds is 5. The molecule has 0 bridgehead atoms. The fraction of sp³-hybridized carbons (Fsp3) is 0.812. The third-order valence-electron chi connectivity index (χ3n) is 4.83. The van der Waals surface area contributed by atoms with Crippen molar-refractivity contribution in [2.24, 2.45) is 5.41 Å². The molecule has 2 fully saturated rings. The van der Waals surface area contributed by atoms with Crippen molar-refractivity contribution >= 4 is 0 Å². The number of likely N-dealkylation sites (tertiary alicyclic amines) is 1. The molecule has 19 heavy (non-hydrogen) atoms. The molecule has 1 aliphatic carbocycles. The minimum Gasteiger partial charge on any atom is -0.303 e. The normalized spacial score (nSPS) is 23.7. The Kier molecular flexibility index (Phi) is 3.66. The molecule has 1 aliphatic heterocycles. The zero-order valence-corrected chi connectivity index (χ0v) is 12.4. The third-order valence-corrected chi connectivity index (χ3v) is 4.83. The third kappa shape index (κ3) is 3.19. The fourth-order valence-electron chi connectivity index (χ4n) is 3.25. The monoisotopic (exact) mass is 261 g/mol. The number of nitrogens with zero attached hydrogens (tertiary/aromatic N) is 3. The average Bonchev–Trinajstić information content (AvgIpc) is 2.94. The lowest BCUT2D eigenvalue weighted by molar-refractivity contribution is 0.155. The predicted octanol–water partition coefficient (Wildman–Crippen LogP) is 3.27. The zero-order valence-electron chi connectivity index (χ0n) is 12.4. The van der Waals surface area contributed by atoms with Crippen LogP contribution in [0.4, 0.5) is 0 Å². The van der Waals surface area contributed by atoms with E-state index in [0.29, 0.717) is 11.5 Å². The molecule has 1 aromatic heterocycles. The molecule has 0 N–H and O–H groups in total. The fourth-order valence-corrected chi connectivity index (χ4v) is 3.25. The van der Waals surface area contributed by atoms with Gasteiger partial charge >= 0.3 is 0 Å². The van der Waals surface area contributed by atoms with Crippen LogP contribution in [0, 0.1) is 5.41 Å². The van der Waals surface area contributed by atoms with E-state index in [2.05, 4.69) is 40.9 Å². The molecule has 3 heteroatoms. The van der Waals surface area contributed by atoms with Crippen LogP contribution in [-0.4, -0.2) is 34.3 Å². The molecule has 3 nitrogen and oxygen atoms in total. The Hall–Kier alpha value is -0.830. The van der Waals surface area contributed by atoms with Crippen LogP contribution >= 0.6 is 0 Å². The molecule has 2 heterocycles. The van der Waals surface area contributed by atoms with E-state index < -0.39 is 0 Å². The summed E-state index contributed by atoms with van der Waals surface area (Å²) in [7, 11) is 0. The summed E-state index contributed by atoms with van der Waals surface area (Å²) in [5.74, 6) is 0. The summed E-state index contributed by atoms with van der Waals surface area (Å²) in [6, 6.07) is 0.633. The number of aromatic nitrogens is 2. The van der Waals surface area contributed by atoms with Gasteiger partial charge in [0.1, 0.15) is 0 Å². The lowest BCUT2D eigenvalue weighted by Gasteiger charge is -2.33. The van der Waals surface area contributed by atoms with E-state index in [9.17, 15) is 0 Å². The van der Waals surface area contributed by atoms with Gasteiger partial charge in [-0.3, -0.25) is 4.68 Å². The van der Waals surface area contributed by atoms with Gasteiger partial charge in [0.15, 0.2) is 0 Å². The highest BCUT2D eigenvalue weighted by Crippen LogP contribution is 2.45. The molecule has 0 spiro atoms. The van der Waals surface area contributed by atoms with Crippen LogP contribution in [0.1, 0.15) is 57.6 Å². The van der Waals surface area contributed by atoms with Gasteiger partial charge in [-0.2, -0.15) is 5.10 Å². The molecule has 0 atom stereocenters. The number of piperidine rings is 1. The molecule has 3 rings (SSSR count). The summed E-state index contributed by atoms with van der Waals surface area (Å²) < 4.78 is 2.22. The van der Waals surface area contributed by atoms with Gasteiger partial charge in [0.2, 0.25) is 0 Å². The first-order chi connectivity index (χ1) is 9.18. The van der Waals surface area contributed by atoms with Crippen LogP contribution in [0.5, 0.6) is 0 Å². The Balaban J connectivity index is 1.51. The van der Waals surface area contributed by atoms with Gasteiger partial charge in [0, 0.05) is 25.8 Å². The summed E-state index contributed by atoms with van der Waals surface area (Å²) in [4.78, 5) is 2.67. The number of aryl methyl sites for hydroxylation is 1. The Morgan fingerprint density at radius 3 is 2.68 bits per heavy atom. The van der Waals surface area contributed by atoms with Crippen molar-refractivity contribution < 1.29 is 0 Å². The predicted molar refractivity (Wildman–Crippen MR) is 78.3 cm³/mol. The van der Waals surface area contributed by atoms with Crippen LogP contribution in [0.2, 0.25) is 0 Å². The van der Waals surface area contributed by atoms with Crippen molar-refractivity contribution in [3.8, 4) is 0 Å². The first-order valence-corrected chi connectivity index (χ1v) is 7.94. The quantitative estimate of drug-likeness (QED) is 0.811. The van der Waals surface area contributed by atoms with E-state index in [4.69, 9.17) is 0 Å². The van der Waals surface area contributed by atoms with E-state index >= 15 is 0 Å². The maximum Gasteiger partial charge on any atom is 0.0543 e. The van der Waals surface area contributed by atoms with E-state index in [1.807, 2.05) is 0 Å². The minimum absolute atomic E-state index is 0.633. The van der Waals surface area contributed by atoms with Crippen LogP contribution in [-0.2, 0) is 6.42 Å². The van der Waals surface area contributed by atoms with Crippen LogP contribution < -0.4 is 0 Å². The highest BCUT2D eigenvalue weighted by molar-refractivity contribution is 5.04. The second-order valence-corrected chi connectivity index (χ2v) is 6.90. The van der Waals surface area contributed by atoms with Crippen molar-refractivity contribution in [1.82, 2.24) is 14.7 Å². The SMILES string of the molecule is CCCc1cnn(C2CCN(CC3(C)CC3)CC2)c1. The Labute approximate surface area is 117 Å². The highest BCUT2D eigenvalue weighted by atomic mass is 15.3. The Morgan fingerprint density at radius 1 is 1.32 bits per heavy atom. The molecule has 1 saturated carbocycles. The molecule has 106 valence electrons. The standard InChI is InChI=1S/C16H27N3/c1-3-4-14-11-17-19(12-14)15-5-9-18(10-6-15)13-16(2)7-8-16/h11-12,15H,3-10,13H2,1-2H3. The smallest absolute Gasteiger partial charge is 0.0543 e. The van der Waals surface area contributed by atoms with Gasteiger partial charge in [-0.05, 0) is 43.1 Å². The molecule has 1 saturated heterocycles. The zero-order chi connectivity index (χ0) is 13.3. The molecule has 0 aromatic carbocycles. The molecular formula is C16H27N3. The first kappa shape index (κ1) is 13.2. The average molecular weight is 261 g/mol. The largest absolute Gasteiger partial charge is 0.303 e. The maximum absolute atomic E-state index is 4.57. The molecular weight excluding hydrogens is 234 g/mol. The Bertz CT molecular complexity index is 411. The van der Waals surface area contributed by atoms with E-state index in [1.54, 1.807) is 0 Å². The topological polar surface area (TPSA) is 21.1 Å². The number of hydrogen-bond donors (Lipinski definition) is 0. The van der Waals surface area contributed by atoms with Gasteiger partial charge in [-0.15, -0.1) is 0 Å². The summed E-state index contributed by atoms with van der Waals surface area (Å²) in [5.41, 5.74) is 2.06. The first-order valence-electron chi connectivity index (χ1n) is 7.94. The van der Waals surface area contributed by atoms with Crippen LogP contribution in [0.3, 0.4) is 0 Å². The lowest BCUT2D eigenvalue weighted by Crippen LogP contribution is -2.37. The van der Waals surface area contributed by atoms with Gasteiger partial charge in [0.05, 0.1) is 12.2 Å². The molecule has 2 aliphatic rings. The number of hydrogen-bond acceptors (Lipinski definition) is 2. The van der Waals surface area contributed by atoms with Gasteiger partial charge < -0.3 is 4.90 Å². The summed E-state index contributed by atoms with van der Waals surface area (Å²) in [6.45, 7) is 8.49. The van der Waals surface area contributed by atoms with Crippen molar-refractivity contribution in [2.75, 3.05) is 19.6 Å². The maximum atomic E-state index is 4.57.